The second-order valence-electron chi connectivity index (χ2n) is 5.93. The Morgan fingerprint density at radius 3 is 2.62 bits per heavy atom. The van der Waals surface area contributed by atoms with Gasteiger partial charge in [-0.3, -0.25) is 9.59 Å². The first-order valence-electron chi connectivity index (χ1n) is 8.54. The molecule has 2 N–H and O–H groups in total. The summed E-state index contributed by atoms with van der Waals surface area (Å²) in [5, 5.41) is 5.56. The van der Waals surface area contributed by atoms with Gasteiger partial charge in [0.1, 0.15) is 0 Å². The Kier molecular flexibility index (Phi) is 7.06. The molecule has 1 saturated heterocycles. The molecule has 0 unspecified atom stereocenters. The number of benzene rings is 1. The average Bonchev–Trinajstić information content (AvgIpc) is 2.64. The molecule has 1 aliphatic rings. The molecule has 1 heterocycles. The Hall–Kier alpha value is -2.08. The number of ether oxygens (including phenoxy) is 1. The van der Waals surface area contributed by atoms with Crippen molar-refractivity contribution in [2.24, 2.45) is 5.92 Å². The molecule has 0 bridgehead atoms. The van der Waals surface area contributed by atoms with Crippen LogP contribution in [0.2, 0.25) is 0 Å². The smallest absolute Gasteiger partial charge is 0.223 e. The summed E-state index contributed by atoms with van der Waals surface area (Å²) in [6.07, 6.45) is 0.869. The van der Waals surface area contributed by atoms with E-state index in [9.17, 15) is 9.59 Å². The van der Waals surface area contributed by atoms with Crippen molar-refractivity contribution in [3.63, 3.8) is 0 Å². The molecular weight excluding hydrogens is 306 g/mol. The van der Waals surface area contributed by atoms with Crippen LogP contribution in [0.4, 0.5) is 5.69 Å². The zero-order chi connectivity index (χ0) is 17.4. The molecule has 1 aromatic rings. The largest absolute Gasteiger partial charge is 0.378 e. The number of morpholine rings is 1. The molecular formula is C18H27N3O3. The van der Waals surface area contributed by atoms with Gasteiger partial charge in [-0.25, -0.2) is 0 Å². The minimum absolute atomic E-state index is 0.0714. The summed E-state index contributed by atoms with van der Waals surface area (Å²) < 4.78 is 5.40. The van der Waals surface area contributed by atoms with Gasteiger partial charge in [0.25, 0.3) is 0 Å². The molecule has 24 heavy (non-hydrogen) atoms. The quantitative estimate of drug-likeness (QED) is 0.789. The lowest BCUT2D eigenvalue weighted by molar-refractivity contribution is -0.130. The van der Waals surface area contributed by atoms with Crippen molar-refractivity contribution in [2.45, 2.75) is 26.3 Å². The van der Waals surface area contributed by atoms with Gasteiger partial charge >= 0.3 is 0 Å². The number of anilines is 1. The predicted molar refractivity (Wildman–Crippen MR) is 93.8 cm³/mol. The lowest BCUT2D eigenvalue weighted by Crippen LogP contribution is -2.38. The molecule has 132 valence electrons. The summed E-state index contributed by atoms with van der Waals surface area (Å²) >= 11 is 0. The van der Waals surface area contributed by atoms with E-state index in [0.717, 1.165) is 37.6 Å². The maximum atomic E-state index is 12.4. The summed E-state index contributed by atoms with van der Waals surface area (Å²) in [6, 6.07) is 8.10. The van der Waals surface area contributed by atoms with E-state index in [-0.39, 0.29) is 24.2 Å². The second-order valence-corrected chi connectivity index (χ2v) is 5.93. The summed E-state index contributed by atoms with van der Waals surface area (Å²) in [4.78, 5) is 26.2. The van der Waals surface area contributed by atoms with Crippen LogP contribution in [0, 0.1) is 5.92 Å². The van der Waals surface area contributed by atoms with Gasteiger partial charge in [0.05, 0.1) is 13.2 Å². The van der Waals surface area contributed by atoms with Crippen molar-refractivity contribution >= 4 is 17.5 Å². The lowest BCUT2D eigenvalue weighted by Gasteiger charge is -2.30. The van der Waals surface area contributed by atoms with Gasteiger partial charge in [-0.2, -0.15) is 0 Å². The SMILES string of the molecule is CC[C@H](CC(=O)NC)C(=O)NCc1ccccc1N1CCOCC1. The molecule has 2 rings (SSSR count). The number of carbonyl (C=O) groups is 2. The molecule has 1 aliphatic heterocycles. The molecule has 1 atom stereocenters. The monoisotopic (exact) mass is 333 g/mol. The minimum Gasteiger partial charge on any atom is -0.378 e. The number of hydrogen-bond acceptors (Lipinski definition) is 4. The van der Waals surface area contributed by atoms with E-state index in [2.05, 4.69) is 21.6 Å². The summed E-state index contributed by atoms with van der Waals surface area (Å²) in [6.45, 7) is 5.57. The normalized spacial score (nSPS) is 15.7. The van der Waals surface area contributed by atoms with Gasteiger partial charge < -0.3 is 20.3 Å². The summed E-state index contributed by atoms with van der Waals surface area (Å²) in [5.41, 5.74) is 2.22. The van der Waals surface area contributed by atoms with Crippen molar-refractivity contribution in [2.75, 3.05) is 38.3 Å². The molecule has 1 fully saturated rings. The van der Waals surface area contributed by atoms with E-state index in [4.69, 9.17) is 4.74 Å². The third-order valence-electron chi connectivity index (χ3n) is 4.37. The predicted octanol–water partition coefficient (Wildman–Crippen LogP) is 1.30. The van der Waals surface area contributed by atoms with Crippen LogP contribution in [0.25, 0.3) is 0 Å². The van der Waals surface area contributed by atoms with Crippen LogP contribution in [-0.2, 0) is 20.9 Å². The van der Waals surface area contributed by atoms with Gasteiger partial charge in [0, 0.05) is 44.7 Å². The number of rotatable bonds is 7. The van der Waals surface area contributed by atoms with Crippen LogP contribution in [0.3, 0.4) is 0 Å². The molecule has 6 nitrogen and oxygen atoms in total. The number of hydrogen-bond donors (Lipinski definition) is 2. The first-order chi connectivity index (χ1) is 11.7. The third-order valence-corrected chi connectivity index (χ3v) is 4.37. The van der Waals surface area contributed by atoms with Crippen molar-refractivity contribution in [1.29, 1.82) is 0 Å². The standard InChI is InChI=1S/C18H27N3O3/c1-3-14(12-17(22)19-2)18(23)20-13-15-6-4-5-7-16(15)21-8-10-24-11-9-21/h4-7,14H,3,8-13H2,1-2H3,(H,19,22)(H,20,23)/t14-/m1/s1. The fourth-order valence-corrected chi connectivity index (χ4v) is 2.85. The molecule has 0 spiro atoms. The van der Waals surface area contributed by atoms with Crippen LogP contribution in [0.5, 0.6) is 0 Å². The number of carbonyl (C=O) groups excluding carboxylic acids is 2. The zero-order valence-corrected chi connectivity index (χ0v) is 14.5. The molecule has 0 saturated carbocycles. The van der Waals surface area contributed by atoms with E-state index in [0.29, 0.717) is 13.0 Å². The average molecular weight is 333 g/mol. The number of nitrogens with one attached hydrogen (secondary N) is 2. The van der Waals surface area contributed by atoms with E-state index in [1.807, 2.05) is 25.1 Å². The molecule has 0 aromatic heterocycles. The van der Waals surface area contributed by atoms with Gasteiger partial charge in [-0.1, -0.05) is 25.1 Å². The second kappa shape index (κ2) is 9.27. The Balaban J connectivity index is 1.98. The fraction of sp³-hybridized carbons (Fsp3) is 0.556. The molecule has 0 aliphatic carbocycles. The van der Waals surface area contributed by atoms with Crippen LogP contribution in [0.15, 0.2) is 24.3 Å². The van der Waals surface area contributed by atoms with E-state index in [1.165, 1.54) is 0 Å². The van der Waals surface area contributed by atoms with Crippen molar-refractivity contribution in [1.82, 2.24) is 10.6 Å². The van der Waals surface area contributed by atoms with Crippen molar-refractivity contribution < 1.29 is 14.3 Å². The Morgan fingerprint density at radius 1 is 1.25 bits per heavy atom. The third kappa shape index (κ3) is 4.96. The van der Waals surface area contributed by atoms with Gasteiger partial charge in [0.2, 0.25) is 11.8 Å². The van der Waals surface area contributed by atoms with Crippen LogP contribution in [-0.4, -0.2) is 45.2 Å². The molecule has 0 radical (unpaired) electrons. The van der Waals surface area contributed by atoms with E-state index < -0.39 is 0 Å². The Labute approximate surface area is 143 Å². The van der Waals surface area contributed by atoms with Crippen molar-refractivity contribution in [3.8, 4) is 0 Å². The summed E-state index contributed by atoms with van der Waals surface area (Å²) in [7, 11) is 1.59. The highest BCUT2D eigenvalue weighted by atomic mass is 16.5. The van der Waals surface area contributed by atoms with Gasteiger partial charge in [-0.05, 0) is 18.1 Å². The number of nitrogens with zero attached hydrogens (tertiary/aromatic N) is 1. The first-order valence-corrected chi connectivity index (χ1v) is 8.54. The van der Waals surface area contributed by atoms with E-state index >= 15 is 0 Å². The first kappa shape index (κ1) is 18.3. The van der Waals surface area contributed by atoms with E-state index in [1.54, 1.807) is 7.05 Å². The lowest BCUT2D eigenvalue weighted by atomic mass is 10.0. The topological polar surface area (TPSA) is 70.7 Å². The highest BCUT2D eigenvalue weighted by molar-refractivity contribution is 5.85. The van der Waals surface area contributed by atoms with Crippen LogP contribution < -0.4 is 15.5 Å². The Morgan fingerprint density at radius 2 is 1.96 bits per heavy atom. The van der Waals surface area contributed by atoms with Crippen molar-refractivity contribution in [3.05, 3.63) is 29.8 Å². The Bertz CT molecular complexity index is 556. The van der Waals surface area contributed by atoms with Crippen LogP contribution in [0.1, 0.15) is 25.3 Å². The van der Waals surface area contributed by atoms with Gasteiger partial charge in [-0.15, -0.1) is 0 Å². The maximum absolute atomic E-state index is 12.4. The number of para-hydroxylation sites is 1. The maximum Gasteiger partial charge on any atom is 0.223 e. The molecule has 6 heteroatoms. The minimum atomic E-state index is -0.291. The molecule has 2 amide bonds. The van der Waals surface area contributed by atoms with Gasteiger partial charge in [0.15, 0.2) is 0 Å². The van der Waals surface area contributed by atoms with Crippen LogP contribution >= 0.6 is 0 Å². The fourth-order valence-electron chi connectivity index (χ4n) is 2.85. The zero-order valence-electron chi connectivity index (χ0n) is 14.5. The molecule has 1 aromatic carbocycles. The highest BCUT2D eigenvalue weighted by Crippen LogP contribution is 2.21. The summed E-state index contributed by atoms with van der Waals surface area (Å²) in [5.74, 6) is -0.468. The number of amides is 2. The highest BCUT2D eigenvalue weighted by Gasteiger charge is 2.20.